The summed E-state index contributed by atoms with van der Waals surface area (Å²) < 4.78 is 5.45. The summed E-state index contributed by atoms with van der Waals surface area (Å²) in [6, 6.07) is 0. The molecular weight excluding hydrogens is 184 g/mol. The van der Waals surface area contributed by atoms with Crippen molar-refractivity contribution < 1.29 is 15.1 Å². The number of aliphatic hydroxyl groups excluding tert-OH is 1. The molecule has 0 aromatic heterocycles. The van der Waals surface area contributed by atoms with Gasteiger partial charge in [0.05, 0.1) is 12.7 Å². The van der Waals surface area contributed by atoms with E-state index in [1.807, 2.05) is 13.1 Å². The van der Waals surface area contributed by atoms with Gasteiger partial charge in [0.15, 0.2) is 0 Å². The van der Waals surface area contributed by atoms with Gasteiger partial charge in [-0.3, -0.25) is 0 Å². The second-order valence-electron chi connectivity index (χ2n) is 3.50. The molecule has 14 heavy (non-hydrogen) atoms. The summed E-state index contributed by atoms with van der Waals surface area (Å²) in [4.78, 5) is 0. The minimum absolute atomic E-state index is 0.0132. The molecule has 2 unspecified atom stereocenters. The number of aliphatic hydroxyl groups is 1. The number of hydrogen-bond donors (Lipinski definition) is 4. The first-order valence-electron chi connectivity index (χ1n) is 4.81. The molecule has 0 radical (unpaired) electrons. The highest BCUT2D eigenvalue weighted by Gasteiger charge is 2.23. The zero-order chi connectivity index (χ0) is 10.4. The Morgan fingerprint density at radius 3 is 2.93 bits per heavy atom. The Labute approximate surface area is 83.7 Å². The van der Waals surface area contributed by atoms with E-state index in [-0.39, 0.29) is 18.9 Å². The van der Waals surface area contributed by atoms with Gasteiger partial charge in [-0.2, -0.15) is 0 Å². The first-order chi connectivity index (χ1) is 6.76. The fourth-order valence-corrected chi connectivity index (χ4v) is 1.37. The Balaban J connectivity index is 2.22. The zero-order valence-electron chi connectivity index (χ0n) is 8.36. The van der Waals surface area contributed by atoms with Crippen LogP contribution in [0.1, 0.15) is 19.8 Å². The molecule has 5 heteroatoms. The van der Waals surface area contributed by atoms with Gasteiger partial charge in [0, 0.05) is 6.54 Å². The monoisotopic (exact) mass is 202 g/mol. The van der Waals surface area contributed by atoms with Crippen molar-refractivity contribution in [3.63, 3.8) is 0 Å². The summed E-state index contributed by atoms with van der Waals surface area (Å²) in [5, 5.41) is 20.3. The van der Waals surface area contributed by atoms with Crippen LogP contribution in [0.4, 0.5) is 0 Å². The van der Waals surface area contributed by atoms with Crippen molar-refractivity contribution in [1.29, 1.82) is 0 Å². The smallest absolute Gasteiger partial charge is 0.127 e. The molecule has 82 valence electrons. The molecule has 0 aromatic carbocycles. The maximum atomic E-state index is 8.83. The first-order valence-corrected chi connectivity index (χ1v) is 4.81. The molecule has 5 nitrogen and oxygen atoms in total. The van der Waals surface area contributed by atoms with Gasteiger partial charge in [-0.15, -0.1) is 0 Å². The second kappa shape index (κ2) is 5.98. The van der Waals surface area contributed by atoms with Crippen LogP contribution < -0.4 is 10.8 Å². The first kappa shape index (κ1) is 11.5. The van der Waals surface area contributed by atoms with Gasteiger partial charge >= 0.3 is 0 Å². The van der Waals surface area contributed by atoms with Crippen molar-refractivity contribution >= 4 is 0 Å². The van der Waals surface area contributed by atoms with Crippen molar-refractivity contribution in [2.45, 2.75) is 32.1 Å². The van der Waals surface area contributed by atoms with Crippen LogP contribution in [-0.2, 0) is 4.74 Å². The van der Waals surface area contributed by atoms with Crippen LogP contribution in [0.2, 0.25) is 0 Å². The normalized spacial score (nSPS) is 28.1. The van der Waals surface area contributed by atoms with Crippen molar-refractivity contribution in [2.24, 2.45) is 0 Å². The number of hydrogen-bond acceptors (Lipinski definition) is 5. The predicted octanol–water partition coefficient (Wildman–Crippen LogP) is -0.0440. The van der Waals surface area contributed by atoms with Gasteiger partial charge in [-0.05, 0) is 31.5 Å². The summed E-state index contributed by atoms with van der Waals surface area (Å²) in [5.74, 6) is 0. The van der Waals surface area contributed by atoms with Crippen molar-refractivity contribution in [3.8, 4) is 0 Å². The maximum Gasteiger partial charge on any atom is 0.127 e. The Morgan fingerprint density at radius 2 is 2.36 bits per heavy atom. The summed E-state index contributed by atoms with van der Waals surface area (Å²) in [7, 11) is 0. The van der Waals surface area contributed by atoms with Crippen molar-refractivity contribution in [1.82, 2.24) is 10.8 Å². The highest BCUT2D eigenvalue weighted by atomic mass is 16.5. The minimum Gasteiger partial charge on any atom is -0.394 e. The predicted molar refractivity (Wildman–Crippen MR) is 51.7 cm³/mol. The van der Waals surface area contributed by atoms with Crippen LogP contribution in [0.3, 0.4) is 0 Å². The lowest BCUT2D eigenvalue weighted by atomic mass is 10.2. The van der Waals surface area contributed by atoms with Gasteiger partial charge in [0.25, 0.3) is 0 Å². The number of hydroxylamine groups is 1. The molecule has 0 aliphatic carbocycles. The standard InChI is InChI=1S/C9H18N2O3/c1-7(5-11-13)4-10-9-3-2-8(6-12)14-9/h4,8-13H,2-3,5-6H2,1H3/b7-4-. The summed E-state index contributed by atoms with van der Waals surface area (Å²) >= 11 is 0. The molecule has 0 saturated carbocycles. The summed E-state index contributed by atoms with van der Waals surface area (Å²) in [6.45, 7) is 2.41. The quantitative estimate of drug-likeness (QED) is 0.471. The Bertz CT molecular complexity index is 196. The third-order valence-corrected chi connectivity index (χ3v) is 2.18. The fourth-order valence-electron chi connectivity index (χ4n) is 1.37. The van der Waals surface area contributed by atoms with Crippen LogP contribution in [0.15, 0.2) is 11.8 Å². The van der Waals surface area contributed by atoms with E-state index >= 15 is 0 Å². The van der Waals surface area contributed by atoms with Gasteiger partial charge < -0.3 is 20.4 Å². The lowest BCUT2D eigenvalue weighted by Crippen LogP contribution is -2.26. The lowest BCUT2D eigenvalue weighted by molar-refractivity contribution is 0.00304. The number of nitrogens with one attached hydrogen (secondary N) is 2. The molecule has 1 heterocycles. The van der Waals surface area contributed by atoms with E-state index in [9.17, 15) is 0 Å². The van der Waals surface area contributed by atoms with E-state index < -0.39 is 0 Å². The highest BCUT2D eigenvalue weighted by molar-refractivity contribution is 4.98. The molecule has 2 atom stereocenters. The molecular formula is C9H18N2O3. The third kappa shape index (κ3) is 3.63. The van der Waals surface area contributed by atoms with E-state index in [0.29, 0.717) is 6.54 Å². The molecule has 1 aliphatic rings. The average molecular weight is 202 g/mol. The molecule has 1 saturated heterocycles. The second-order valence-corrected chi connectivity index (χ2v) is 3.50. The largest absolute Gasteiger partial charge is 0.394 e. The van der Waals surface area contributed by atoms with Crippen LogP contribution in [0, 0.1) is 0 Å². The minimum atomic E-state index is -0.0304. The Hall–Kier alpha value is -0.620. The van der Waals surface area contributed by atoms with Crippen LogP contribution in [0.25, 0.3) is 0 Å². The molecule has 0 amide bonds. The van der Waals surface area contributed by atoms with E-state index in [0.717, 1.165) is 18.4 Å². The third-order valence-electron chi connectivity index (χ3n) is 2.18. The van der Waals surface area contributed by atoms with E-state index in [2.05, 4.69) is 10.8 Å². The van der Waals surface area contributed by atoms with Crippen molar-refractivity contribution in [3.05, 3.63) is 11.8 Å². The molecule has 4 N–H and O–H groups in total. The topological polar surface area (TPSA) is 73.8 Å². The van der Waals surface area contributed by atoms with E-state index in [1.165, 1.54) is 0 Å². The molecule has 0 spiro atoms. The number of rotatable bonds is 5. The summed E-state index contributed by atoms with van der Waals surface area (Å²) in [6.07, 6.45) is 3.56. The Morgan fingerprint density at radius 1 is 1.57 bits per heavy atom. The molecule has 1 aliphatic heterocycles. The molecule has 1 fully saturated rings. The van der Waals surface area contributed by atoms with Crippen molar-refractivity contribution in [2.75, 3.05) is 13.2 Å². The van der Waals surface area contributed by atoms with Crippen LogP contribution in [-0.4, -0.2) is 35.8 Å². The van der Waals surface area contributed by atoms with Crippen LogP contribution >= 0.6 is 0 Å². The molecule has 1 rings (SSSR count). The lowest BCUT2D eigenvalue weighted by Gasteiger charge is -2.12. The van der Waals surface area contributed by atoms with Gasteiger partial charge in [-0.1, -0.05) is 0 Å². The van der Waals surface area contributed by atoms with Gasteiger partial charge in [0.2, 0.25) is 0 Å². The summed E-state index contributed by atoms with van der Waals surface area (Å²) in [5.41, 5.74) is 3.06. The molecule has 0 bridgehead atoms. The fraction of sp³-hybridized carbons (Fsp3) is 0.778. The van der Waals surface area contributed by atoms with E-state index in [4.69, 9.17) is 15.1 Å². The van der Waals surface area contributed by atoms with E-state index in [1.54, 1.807) is 0 Å². The Kier molecular flexibility index (Phi) is 4.89. The van der Waals surface area contributed by atoms with Gasteiger partial charge in [-0.25, -0.2) is 5.48 Å². The van der Waals surface area contributed by atoms with Gasteiger partial charge in [0.1, 0.15) is 6.23 Å². The maximum absolute atomic E-state index is 8.83. The zero-order valence-corrected chi connectivity index (χ0v) is 8.36. The van der Waals surface area contributed by atoms with Crippen LogP contribution in [0.5, 0.6) is 0 Å². The SMILES string of the molecule is C/C(=C/NC1CCC(CO)O1)CNO. The highest BCUT2D eigenvalue weighted by Crippen LogP contribution is 2.17. The molecule has 0 aromatic rings. The number of ether oxygens (including phenoxy) is 1. The average Bonchev–Trinajstić information content (AvgIpc) is 2.63.